The van der Waals surface area contributed by atoms with Gasteiger partial charge in [-0.15, -0.1) is 0 Å². The Hall–Kier alpha value is -2.35. The molecular weight excluding hydrogens is 376 g/mol. The van der Waals surface area contributed by atoms with Crippen molar-refractivity contribution in [1.82, 2.24) is 9.78 Å². The van der Waals surface area contributed by atoms with Crippen LogP contribution in [-0.4, -0.2) is 48.2 Å². The van der Waals surface area contributed by atoms with Crippen LogP contribution in [0, 0.1) is 13.8 Å². The molecule has 1 aromatic heterocycles. The van der Waals surface area contributed by atoms with Crippen molar-refractivity contribution in [3.63, 3.8) is 0 Å². The van der Waals surface area contributed by atoms with E-state index in [-0.39, 0.29) is 36.0 Å². The van der Waals surface area contributed by atoms with E-state index in [9.17, 15) is 13.2 Å². The molecule has 2 aromatic rings. The normalized spacial score (nSPS) is 18.4. The standard InChI is InChI=1S/C20H28N4O3S/c1-14(2)23(18-8-6-5-7-15(18)3)12-20(25)21-19-11-16(4)22-24(19)17-9-10-28(26,27)13-17/h5-8,11,14,17H,9-10,12-13H2,1-4H3,(H,21,25). The van der Waals surface area contributed by atoms with Crippen molar-refractivity contribution in [2.45, 2.75) is 46.2 Å². The van der Waals surface area contributed by atoms with Crippen LogP contribution in [0.5, 0.6) is 0 Å². The number of hydrogen-bond acceptors (Lipinski definition) is 5. The molecule has 0 bridgehead atoms. The first-order valence-corrected chi connectivity index (χ1v) is 11.4. The molecule has 0 spiro atoms. The zero-order valence-electron chi connectivity index (χ0n) is 16.8. The van der Waals surface area contributed by atoms with Crippen molar-refractivity contribution in [2.24, 2.45) is 0 Å². The summed E-state index contributed by atoms with van der Waals surface area (Å²) in [5, 5.41) is 7.36. The fourth-order valence-corrected chi connectivity index (χ4v) is 5.32. The second-order valence-corrected chi connectivity index (χ2v) is 9.96. The average molecular weight is 405 g/mol. The number of amides is 1. The van der Waals surface area contributed by atoms with E-state index >= 15 is 0 Å². The van der Waals surface area contributed by atoms with Crippen molar-refractivity contribution in [3.05, 3.63) is 41.6 Å². The van der Waals surface area contributed by atoms with Crippen molar-refractivity contribution in [2.75, 3.05) is 28.3 Å². The lowest BCUT2D eigenvalue weighted by atomic mass is 10.1. The minimum absolute atomic E-state index is 0.0678. The van der Waals surface area contributed by atoms with Crippen LogP contribution in [-0.2, 0) is 14.6 Å². The number of hydrogen-bond donors (Lipinski definition) is 1. The molecule has 1 aliphatic rings. The minimum atomic E-state index is -3.03. The Kier molecular flexibility index (Phi) is 5.79. The van der Waals surface area contributed by atoms with E-state index in [2.05, 4.69) is 29.2 Å². The molecule has 1 unspecified atom stereocenters. The van der Waals surface area contributed by atoms with Gasteiger partial charge >= 0.3 is 0 Å². The third-order valence-electron chi connectivity index (χ3n) is 5.04. The van der Waals surface area contributed by atoms with Gasteiger partial charge in [0.15, 0.2) is 9.84 Å². The number of carbonyl (C=O) groups is 1. The lowest BCUT2D eigenvalue weighted by Crippen LogP contribution is -2.39. The molecule has 3 rings (SSSR count). The Morgan fingerprint density at radius 2 is 2.04 bits per heavy atom. The molecule has 2 heterocycles. The summed E-state index contributed by atoms with van der Waals surface area (Å²) in [6.07, 6.45) is 0.521. The number of para-hydroxylation sites is 1. The fraction of sp³-hybridized carbons (Fsp3) is 0.500. The van der Waals surface area contributed by atoms with Gasteiger partial charge in [-0.25, -0.2) is 13.1 Å². The highest BCUT2D eigenvalue weighted by molar-refractivity contribution is 7.91. The van der Waals surface area contributed by atoms with Gasteiger partial charge in [-0.05, 0) is 45.7 Å². The maximum atomic E-state index is 12.8. The Balaban J connectivity index is 1.77. The molecule has 0 saturated carbocycles. The molecule has 1 atom stereocenters. The summed E-state index contributed by atoms with van der Waals surface area (Å²) < 4.78 is 25.3. The van der Waals surface area contributed by atoms with Gasteiger partial charge in [0.05, 0.1) is 29.8 Å². The molecule has 0 radical (unpaired) electrons. The number of nitrogens with zero attached hydrogens (tertiary/aromatic N) is 3. The summed E-state index contributed by atoms with van der Waals surface area (Å²) in [6, 6.07) is 9.70. The molecule has 152 valence electrons. The van der Waals surface area contributed by atoms with E-state index < -0.39 is 9.84 Å². The van der Waals surface area contributed by atoms with Crippen LogP contribution in [0.15, 0.2) is 30.3 Å². The topological polar surface area (TPSA) is 84.3 Å². The van der Waals surface area contributed by atoms with Crippen LogP contribution in [0.2, 0.25) is 0 Å². The van der Waals surface area contributed by atoms with Gasteiger partial charge in [0.1, 0.15) is 5.82 Å². The molecule has 28 heavy (non-hydrogen) atoms. The molecule has 1 aromatic carbocycles. The highest BCUT2D eigenvalue weighted by Gasteiger charge is 2.31. The monoisotopic (exact) mass is 404 g/mol. The Bertz CT molecular complexity index is 966. The zero-order chi connectivity index (χ0) is 20.5. The molecular formula is C20H28N4O3S. The number of aryl methyl sites for hydroxylation is 2. The van der Waals surface area contributed by atoms with Gasteiger partial charge in [-0.1, -0.05) is 18.2 Å². The van der Waals surface area contributed by atoms with Crippen LogP contribution < -0.4 is 10.2 Å². The highest BCUT2D eigenvalue weighted by atomic mass is 32.2. The van der Waals surface area contributed by atoms with Crippen molar-refractivity contribution in [3.8, 4) is 0 Å². The lowest BCUT2D eigenvalue weighted by molar-refractivity contribution is -0.115. The summed E-state index contributed by atoms with van der Waals surface area (Å²) in [5.41, 5.74) is 2.89. The Morgan fingerprint density at radius 3 is 2.64 bits per heavy atom. The van der Waals surface area contributed by atoms with Gasteiger partial charge in [0, 0.05) is 17.8 Å². The lowest BCUT2D eigenvalue weighted by Gasteiger charge is -2.29. The number of sulfone groups is 1. The van der Waals surface area contributed by atoms with Gasteiger partial charge in [0.2, 0.25) is 5.91 Å². The first-order valence-electron chi connectivity index (χ1n) is 9.55. The van der Waals surface area contributed by atoms with Crippen molar-refractivity contribution < 1.29 is 13.2 Å². The molecule has 8 heteroatoms. The smallest absolute Gasteiger partial charge is 0.245 e. The SMILES string of the molecule is Cc1cc(NC(=O)CN(c2ccccc2C)C(C)C)n(C2CCS(=O)(=O)C2)n1. The molecule has 0 aliphatic carbocycles. The summed E-state index contributed by atoms with van der Waals surface area (Å²) in [5.74, 6) is 0.633. The second kappa shape index (κ2) is 7.95. The van der Waals surface area contributed by atoms with E-state index in [1.54, 1.807) is 10.7 Å². The van der Waals surface area contributed by atoms with E-state index in [4.69, 9.17) is 0 Å². The van der Waals surface area contributed by atoms with E-state index in [0.29, 0.717) is 12.2 Å². The number of benzene rings is 1. The summed E-state index contributed by atoms with van der Waals surface area (Å²) >= 11 is 0. The van der Waals surface area contributed by atoms with Crippen LogP contribution in [0.1, 0.15) is 37.6 Å². The predicted molar refractivity (Wildman–Crippen MR) is 112 cm³/mol. The maximum Gasteiger partial charge on any atom is 0.245 e. The van der Waals surface area contributed by atoms with Crippen LogP contribution >= 0.6 is 0 Å². The maximum absolute atomic E-state index is 12.8. The molecule has 1 N–H and O–H groups in total. The fourth-order valence-electron chi connectivity index (χ4n) is 3.63. The molecule has 1 amide bonds. The van der Waals surface area contributed by atoms with Crippen molar-refractivity contribution in [1.29, 1.82) is 0 Å². The van der Waals surface area contributed by atoms with Gasteiger partial charge < -0.3 is 10.2 Å². The quantitative estimate of drug-likeness (QED) is 0.800. The van der Waals surface area contributed by atoms with Gasteiger partial charge in [0.25, 0.3) is 0 Å². The van der Waals surface area contributed by atoms with Gasteiger partial charge in [-0.2, -0.15) is 5.10 Å². The summed E-state index contributed by atoms with van der Waals surface area (Å²) in [6.45, 7) is 8.18. The first-order chi connectivity index (χ1) is 13.2. The highest BCUT2D eigenvalue weighted by Crippen LogP contribution is 2.27. The molecule has 1 fully saturated rings. The number of nitrogens with one attached hydrogen (secondary N) is 1. The number of carbonyl (C=O) groups excluding carboxylic acids is 1. The van der Waals surface area contributed by atoms with Crippen LogP contribution in [0.3, 0.4) is 0 Å². The number of anilines is 2. The van der Waals surface area contributed by atoms with E-state index in [0.717, 1.165) is 16.9 Å². The minimum Gasteiger partial charge on any atom is -0.360 e. The first kappa shape index (κ1) is 20.4. The average Bonchev–Trinajstić information content (AvgIpc) is 3.15. The molecule has 7 nitrogen and oxygen atoms in total. The summed E-state index contributed by atoms with van der Waals surface area (Å²) in [7, 11) is -3.03. The van der Waals surface area contributed by atoms with Crippen LogP contribution in [0.25, 0.3) is 0 Å². The van der Waals surface area contributed by atoms with E-state index in [1.807, 2.05) is 38.1 Å². The molecule has 1 aliphatic heterocycles. The molecule has 1 saturated heterocycles. The largest absolute Gasteiger partial charge is 0.360 e. The van der Waals surface area contributed by atoms with E-state index in [1.165, 1.54) is 0 Å². The van der Waals surface area contributed by atoms with Crippen molar-refractivity contribution >= 4 is 27.2 Å². The third-order valence-corrected chi connectivity index (χ3v) is 6.79. The number of aromatic nitrogens is 2. The predicted octanol–water partition coefficient (Wildman–Crippen LogP) is 2.71. The Labute approximate surface area is 166 Å². The summed E-state index contributed by atoms with van der Waals surface area (Å²) in [4.78, 5) is 14.9. The second-order valence-electron chi connectivity index (χ2n) is 7.73. The number of rotatable bonds is 6. The Morgan fingerprint density at radius 1 is 1.32 bits per heavy atom. The third kappa shape index (κ3) is 4.55. The van der Waals surface area contributed by atoms with Gasteiger partial charge in [-0.3, -0.25) is 4.79 Å². The van der Waals surface area contributed by atoms with Crippen LogP contribution in [0.4, 0.5) is 11.5 Å². The zero-order valence-corrected chi connectivity index (χ0v) is 17.7.